The predicted molar refractivity (Wildman–Crippen MR) is 105 cm³/mol. The maximum absolute atomic E-state index is 13.9. The predicted octanol–water partition coefficient (Wildman–Crippen LogP) is 5.61. The fraction of sp³-hybridized carbons (Fsp3) is 0.238. The summed E-state index contributed by atoms with van der Waals surface area (Å²) in [5.74, 6) is -0.122. The van der Waals surface area contributed by atoms with Gasteiger partial charge in [-0.1, -0.05) is 11.3 Å². The largest absolute Gasteiger partial charge is 0.455 e. The average molecular weight is 395 g/mol. The lowest BCUT2D eigenvalue weighted by molar-refractivity contribution is 0.479. The van der Waals surface area contributed by atoms with Crippen molar-refractivity contribution >= 4 is 27.6 Å². The van der Waals surface area contributed by atoms with Crippen LogP contribution < -0.4 is 4.90 Å². The van der Waals surface area contributed by atoms with Crippen LogP contribution in [-0.2, 0) is 0 Å². The van der Waals surface area contributed by atoms with Gasteiger partial charge >= 0.3 is 0 Å². The Morgan fingerprint density at radius 3 is 2.79 bits per heavy atom. The summed E-state index contributed by atoms with van der Waals surface area (Å²) in [5.41, 5.74) is 1.99. The second kappa shape index (κ2) is 6.57. The third-order valence-electron chi connectivity index (χ3n) is 5.34. The number of benzene rings is 1. The number of nitrogens with zero attached hydrogens (tertiary/aromatic N) is 3. The average Bonchev–Trinajstić information content (AvgIpc) is 3.32. The van der Waals surface area contributed by atoms with Crippen molar-refractivity contribution in [3.63, 3.8) is 0 Å². The molecule has 1 saturated heterocycles. The maximum atomic E-state index is 13.9. The van der Waals surface area contributed by atoms with Gasteiger partial charge in [-0.2, -0.15) is 5.26 Å². The lowest BCUT2D eigenvalue weighted by Gasteiger charge is -2.39. The number of thiophene rings is 1. The van der Waals surface area contributed by atoms with Gasteiger partial charge in [-0.15, -0.1) is 0 Å². The van der Waals surface area contributed by atoms with Crippen LogP contribution in [0.1, 0.15) is 35.6 Å². The van der Waals surface area contributed by atoms with E-state index in [1.165, 1.54) is 28.5 Å². The molecule has 3 aromatic rings. The molecule has 140 valence electrons. The summed E-state index contributed by atoms with van der Waals surface area (Å²) >= 11 is 1.54. The minimum absolute atomic E-state index is 0.190. The first-order valence-electron chi connectivity index (χ1n) is 9.05. The van der Waals surface area contributed by atoms with Crippen LogP contribution in [0, 0.1) is 23.0 Å². The summed E-state index contributed by atoms with van der Waals surface area (Å²) in [6.07, 6.45) is 3.72. The van der Waals surface area contributed by atoms with Crippen LogP contribution in [0.3, 0.4) is 0 Å². The highest BCUT2D eigenvalue weighted by molar-refractivity contribution is 7.20. The first-order chi connectivity index (χ1) is 13.6. The summed E-state index contributed by atoms with van der Waals surface area (Å²) in [7, 11) is 0. The van der Waals surface area contributed by atoms with Gasteiger partial charge in [0.1, 0.15) is 34.2 Å². The van der Waals surface area contributed by atoms with E-state index in [4.69, 9.17) is 4.42 Å². The Morgan fingerprint density at radius 1 is 1.21 bits per heavy atom. The summed E-state index contributed by atoms with van der Waals surface area (Å²) < 4.78 is 32.7. The first-order valence-corrected chi connectivity index (χ1v) is 9.86. The van der Waals surface area contributed by atoms with Crippen LogP contribution >= 0.6 is 11.3 Å². The number of aliphatic imine (C=N–C) groups is 1. The number of hydrogen-bond donors (Lipinski definition) is 0. The van der Waals surface area contributed by atoms with E-state index >= 15 is 0 Å². The Bertz CT molecular complexity index is 1130. The second-order valence-electron chi connectivity index (χ2n) is 6.96. The molecule has 2 bridgehead atoms. The Morgan fingerprint density at radius 2 is 2.04 bits per heavy atom. The molecule has 4 nitrogen and oxygen atoms in total. The molecule has 2 aromatic heterocycles. The molecule has 3 aliphatic heterocycles. The molecule has 0 aliphatic carbocycles. The molecule has 1 aromatic carbocycles. The van der Waals surface area contributed by atoms with Gasteiger partial charge in [0.2, 0.25) is 0 Å². The monoisotopic (exact) mass is 395 g/mol. The molecule has 0 unspecified atom stereocenters. The van der Waals surface area contributed by atoms with Crippen molar-refractivity contribution in [2.24, 2.45) is 4.99 Å². The first kappa shape index (κ1) is 17.1. The van der Waals surface area contributed by atoms with Crippen LogP contribution in [0.4, 0.5) is 18.8 Å². The lowest BCUT2D eigenvalue weighted by Crippen LogP contribution is -2.37. The standard InChI is InChI=1S/C21H15F2N3OS/c22-13-1-3-15(17(23)9-13)18-4-2-14(27-18)11-25-20-16(10-24)19-12-5-7-26(8-6-12)21(19)28-20/h1-4,9,11-12H,5-8H2. The van der Waals surface area contributed by atoms with Crippen LogP contribution in [0.25, 0.3) is 11.3 Å². The van der Waals surface area contributed by atoms with Crippen LogP contribution in [0.5, 0.6) is 0 Å². The Labute approximate surface area is 164 Å². The SMILES string of the molecule is N#Cc1c(N=Cc2ccc(-c3ccc(F)cc3F)o2)sc2c1C1CCN2CC1. The zero-order valence-corrected chi connectivity index (χ0v) is 15.6. The molecule has 0 radical (unpaired) electrons. The van der Waals surface area contributed by atoms with Crippen molar-refractivity contribution in [1.82, 2.24) is 0 Å². The topological polar surface area (TPSA) is 52.5 Å². The van der Waals surface area contributed by atoms with Crippen molar-refractivity contribution in [2.45, 2.75) is 18.8 Å². The highest BCUT2D eigenvalue weighted by Crippen LogP contribution is 2.52. The second-order valence-corrected chi connectivity index (χ2v) is 7.94. The number of piperidine rings is 1. The molecule has 6 rings (SSSR count). The van der Waals surface area contributed by atoms with Gasteiger partial charge in [0, 0.05) is 24.7 Å². The molecule has 3 aliphatic rings. The van der Waals surface area contributed by atoms with Crippen molar-refractivity contribution in [3.8, 4) is 17.4 Å². The van der Waals surface area contributed by atoms with Gasteiger partial charge in [-0.05, 0) is 43.0 Å². The van der Waals surface area contributed by atoms with E-state index in [0.29, 0.717) is 28.0 Å². The molecule has 5 heterocycles. The van der Waals surface area contributed by atoms with E-state index in [-0.39, 0.29) is 5.56 Å². The van der Waals surface area contributed by atoms with Crippen molar-refractivity contribution in [2.75, 3.05) is 18.0 Å². The molecule has 0 N–H and O–H groups in total. The lowest BCUT2D eigenvalue weighted by atomic mass is 9.84. The number of rotatable bonds is 3. The smallest absolute Gasteiger partial charge is 0.145 e. The third kappa shape index (κ3) is 2.72. The van der Waals surface area contributed by atoms with E-state index in [2.05, 4.69) is 16.0 Å². The van der Waals surface area contributed by atoms with Crippen molar-refractivity contribution in [1.29, 1.82) is 5.26 Å². The normalized spacial score (nSPS) is 16.0. The Kier molecular flexibility index (Phi) is 4.02. The number of hydrogen-bond acceptors (Lipinski definition) is 5. The Balaban J connectivity index is 1.46. The maximum Gasteiger partial charge on any atom is 0.145 e. The van der Waals surface area contributed by atoms with Crippen LogP contribution in [0.15, 0.2) is 39.7 Å². The number of furan rings is 1. The molecule has 28 heavy (non-hydrogen) atoms. The highest BCUT2D eigenvalue weighted by Gasteiger charge is 2.36. The molecular formula is C21H15F2N3OS. The van der Waals surface area contributed by atoms with Gasteiger partial charge in [0.25, 0.3) is 0 Å². The van der Waals surface area contributed by atoms with E-state index in [1.54, 1.807) is 18.3 Å². The quantitative estimate of drug-likeness (QED) is 0.542. The molecule has 1 fully saturated rings. The number of halogens is 2. The molecular weight excluding hydrogens is 380 g/mol. The molecule has 0 spiro atoms. The number of nitriles is 1. The van der Waals surface area contributed by atoms with E-state index < -0.39 is 11.6 Å². The van der Waals surface area contributed by atoms with E-state index in [9.17, 15) is 14.0 Å². The fourth-order valence-corrected chi connectivity index (χ4v) is 5.22. The summed E-state index contributed by atoms with van der Waals surface area (Å²) in [4.78, 5) is 6.82. The highest BCUT2D eigenvalue weighted by atomic mass is 32.1. The number of fused-ring (bicyclic) bond motifs is 2. The van der Waals surface area contributed by atoms with Crippen molar-refractivity contribution in [3.05, 3.63) is 58.9 Å². The molecule has 7 heteroatoms. The summed E-state index contributed by atoms with van der Waals surface area (Å²) in [5, 5.41) is 11.5. The molecule has 0 atom stereocenters. The van der Waals surface area contributed by atoms with Crippen LogP contribution in [0.2, 0.25) is 0 Å². The summed E-state index contributed by atoms with van der Waals surface area (Å²) in [6.45, 7) is 2.08. The van der Waals surface area contributed by atoms with E-state index in [0.717, 1.165) is 37.6 Å². The minimum atomic E-state index is -0.680. The van der Waals surface area contributed by atoms with Crippen molar-refractivity contribution < 1.29 is 13.2 Å². The zero-order valence-electron chi connectivity index (χ0n) is 14.8. The van der Waals surface area contributed by atoms with Gasteiger partial charge < -0.3 is 9.32 Å². The fourth-order valence-electron chi connectivity index (χ4n) is 3.98. The number of anilines is 1. The van der Waals surface area contributed by atoms with Gasteiger partial charge in [0.15, 0.2) is 0 Å². The molecule has 0 saturated carbocycles. The van der Waals surface area contributed by atoms with E-state index in [1.807, 2.05) is 0 Å². The third-order valence-corrected chi connectivity index (χ3v) is 6.52. The minimum Gasteiger partial charge on any atom is -0.455 e. The zero-order chi connectivity index (χ0) is 19.3. The van der Waals surface area contributed by atoms with Gasteiger partial charge in [-0.25, -0.2) is 13.8 Å². The molecule has 0 amide bonds. The van der Waals surface area contributed by atoms with Crippen LogP contribution in [-0.4, -0.2) is 19.3 Å². The Hall–Kier alpha value is -2.98. The van der Waals surface area contributed by atoms with Gasteiger partial charge in [0.05, 0.1) is 22.3 Å². The van der Waals surface area contributed by atoms with Gasteiger partial charge in [-0.3, -0.25) is 0 Å². The summed E-state index contributed by atoms with van der Waals surface area (Å²) in [6, 6.07) is 8.97.